The van der Waals surface area contributed by atoms with Crippen LogP contribution in [0.4, 0.5) is 10.1 Å². The maximum atomic E-state index is 14.0. The van der Waals surface area contributed by atoms with Gasteiger partial charge in [-0.25, -0.2) is 4.39 Å². The zero-order chi connectivity index (χ0) is 20.9. The second kappa shape index (κ2) is 9.43. The summed E-state index contributed by atoms with van der Waals surface area (Å²) in [5, 5.41) is 0. The molecule has 0 saturated carbocycles. The summed E-state index contributed by atoms with van der Waals surface area (Å²) in [6.45, 7) is 4.52. The fourth-order valence-electron chi connectivity index (χ4n) is 4.47. The number of halogens is 1. The molecule has 1 amide bonds. The summed E-state index contributed by atoms with van der Waals surface area (Å²) < 4.78 is 14.0. The van der Waals surface area contributed by atoms with Crippen LogP contribution in [0, 0.1) is 5.82 Å². The van der Waals surface area contributed by atoms with Crippen LogP contribution < -0.4 is 4.90 Å². The topological polar surface area (TPSA) is 26.8 Å². The van der Waals surface area contributed by atoms with Gasteiger partial charge in [-0.1, -0.05) is 30.3 Å². The number of likely N-dealkylation sites (N-methyl/N-ethyl adjacent to an activating group) is 1. The summed E-state index contributed by atoms with van der Waals surface area (Å²) in [6.07, 6.45) is 6.54. The van der Waals surface area contributed by atoms with Crippen molar-refractivity contribution >= 4 is 17.7 Å². The van der Waals surface area contributed by atoms with Crippen LogP contribution in [0.1, 0.15) is 36.4 Å². The molecule has 2 heterocycles. The molecule has 5 heteroatoms. The van der Waals surface area contributed by atoms with Crippen LogP contribution in [-0.2, 0) is 4.79 Å². The molecule has 2 aliphatic heterocycles. The van der Waals surface area contributed by atoms with Gasteiger partial charge in [0.25, 0.3) is 0 Å². The highest BCUT2D eigenvalue weighted by Crippen LogP contribution is 2.31. The first kappa shape index (κ1) is 20.6. The molecule has 2 aromatic carbocycles. The van der Waals surface area contributed by atoms with Gasteiger partial charge in [0.05, 0.1) is 6.04 Å². The molecule has 0 aromatic heterocycles. The van der Waals surface area contributed by atoms with Gasteiger partial charge in [0, 0.05) is 50.1 Å². The Morgan fingerprint density at radius 2 is 1.77 bits per heavy atom. The first-order valence-electron chi connectivity index (χ1n) is 10.9. The molecular formula is C25H30FN3O. The van der Waals surface area contributed by atoms with E-state index in [9.17, 15) is 9.18 Å². The van der Waals surface area contributed by atoms with Crippen LogP contribution in [0.15, 0.2) is 54.6 Å². The molecule has 2 aliphatic rings. The molecule has 2 fully saturated rings. The van der Waals surface area contributed by atoms with E-state index in [1.807, 2.05) is 29.2 Å². The zero-order valence-corrected chi connectivity index (χ0v) is 17.6. The van der Waals surface area contributed by atoms with Crippen molar-refractivity contribution in [2.45, 2.75) is 25.3 Å². The Balaban J connectivity index is 1.54. The summed E-state index contributed by atoms with van der Waals surface area (Å²) in [5.74, 6) is -0.280. The third-order valence-electron chi connectivity index (χ3n) is 6.21. The molecule has 1 unspecified atom stereocenters. The fraction of sp³-hybridized carbons (Fsp3) is 0.400. The van der Waals surface area contributed by atoms with Crippen molar-refractivity contribution in [2.75, 3.05) is 44.7 Å². The second-order valence-corrected chi connectivity index (χ2v) is 8.28. The van der Waals surface area contributed by atoms with Crippen molar-refractivity contribution in [2.24, 2.45) is 0 Å². The minimum Gasteiger partial charge on any atom is -0.368 e. The van der Waals surface area contributed by atoms with Gasteiger partial charge in [-0.05, 0) is 56.1 Å². The zero-order valence-electron chi connectivity index (χ0n) is 17.6. The van der Waals surface area contributed by atoms with Gasteiger partial charge >= 0.3 is 0 Å². The van der Waals surface area contributed by atoms with Gasteiger partial charge in [0.15, 0.2) is 0 Å². The number of hydrogen-bond donors (Lipinski definition) is 0. The number of piperidine rings is 1. The lowest BCUT2D eigenvalue weighted by Crippen LogP contribution is -2.44. The summed E-state index contributed by atoms with van der Waals surface area (Å²) >= 11 is 0. The van der Waals surface area contributed by atoms with Crippen LogP contribution in [0.2, 0.25) is 0 Å². The number of amides is 1. The van der Waals surface area contributed by atoms with E-state index in [4.69, 9.17) is 0 Å². The summed E-state index contributed by atoms with van der Waals surface area (Å²) in [5.41, 5.74) is 2.94. The Morgan fingerprint density at radius 1 is 1.00 bits per heavy atom. The fourth-order valence-corrected chi connectivity index (χ4v) is 4.47. The van der Waals surface area contributed by atoms with Gasteiger partial charge in [0.2, 0.25) is 5.91 Å². The highest BCUT2D eigenvalue weighted by molar-refractivity contribution is 5.93. The SMILES string of the molecule is CN1CCN(c2ccc(F)cc2/C=C/C(=O)N2CCCCC2c2ccccc2)CC1. The van der Waals surface area contributed by atoms with Gasteiger partial charge in [-0.2, -0.15) is 0 Å². The Kier molecular flexibility index (Phi) is 6.48. The number of nitrogens with zero attached hydrogens (tertiary/aromatic N) is 3. The highest BCUT2D eigenvalue weighted by Gasteiger charge is 2.26. The van der Waals surface area contributed by atoms with E-state index in [0.717, 1.165) is 63.2 Å². The molecule has 4 rings (SSSR count). The van der Waals surface area contributed by atoms with Crippen molar-refractivity contribution in [1.82, 2.24) is 9.80 Å². The molecule has 0 radical (unpaired) electrons. The monoisotopic (exact) mass is 407 g/mol. The molecule has 30 heavy (non-hydrogen) atoms. The number of piperazine rings is 1. The van der Waals surface area contributed by atoms with Crippen molar-refractivity contribution in [3.8, 4) is 0 Å². The predicted octanol–water partition coefficient (Wildman–Crippen LogP) is 4.34. The van der Waals surface area contributed by atoms with Crippen molar-refractivity contribution in [1.29, 1.82) is 0 Å². The Bertz CT molecular complexity index is 891. The molecule has 1 atom stereocenters. The van der Waals surface area contributed by atoms with Gasteiger partial charge in [-0.3, -0.25) is 4.79 Å². The summed E-state index contributed by atoms with van der Waals surface area (Å²) in [6, 6.07) is 15.2. The molecule has 2 saturated heterocycles. The lowest BCUT2D eigenvalue weighted by molar-refractivity contribution is -0.129. The van der Waals surface area contributed by atoms with Crippen LogP contribution in [-0.4, -0.2) is 55.5 Å². The first-order valence-corrected chi connectivity index (χ1v) is 10.9. The number of anilines is 1. The van der Waals surface area contributed by atoms with E-state index < -0.39 is 0 Å². The average Bonchev–Trinajstić information content (AvgIpc) is 2.79. The van der Waals surface area contributed by atoms with Crippen molar-refractivity contribution in [3.05, 3.63) is 71.6 Å². The molecule has 0 bridgehead atoms. The van der Waals surface area contributed by atoms with Gasteiger partial charge < -0.3 is 14.7 Å². The smallest absolute Gasteiger partial charge is 0.247 e. The molecule has 158 valence electrons. The summed E-state index contributed by atoms with van der Waals surface area (Å²) in [4.78, 5) is 19.6. The Labute approximate surface area is 178 Å². The van der Waals surface area contributed by atoms with E-state index in [1.165, 1.54) is 17.7 Å². The molecule has 0 aliphatic carbocycles. The molecule has 2 aromatic rings. The second-order valence-electron chi connectivity index (χ2n) is 8.28. The lowest BCUT2D eigenvalue weighted by atomic mass is 9.95. The van der Waals surface area contributed by atoms with E-state index in [-0.39, 0.29) is 17.8 Å². The van der Waals surface area contributed by atoms with Crippen LogP contribution in [0.3, 0.4) is 0 Å². The Hall–Kier alpha value is -2.66. The number of carbonyl (C=O) groups excluding carboxylic acids is 1. The van der Waals surface area contributed by atoms with E-state index in [0.29, 0.717) is 0 Å². The largest absolute Gasteiger partial charge is 0.368 e. The normalized spacial score (nSPS) is 20.7. The highest BCUT2D eigenvalue weighted by atomic mass is 19.1. The third kappa shape index (κ3) is 4.73. The number of benzene rings is 2. The number of carbonyl (C=O) groups is 1. The van der Waals surface area contributed by atoms with E-state index >= 15 is 0 Å². The standard InChI is InChI=1S/C25H30FN3O/c1-27-15-17-28(18-16-27)23-12-11-22(26)19-21(23)10-13-25(30)29-14-6-5-9-24(29)20-7-3-2-4-8-20/h2-4,7-8,10-13,19,24H,5-6,9,14-18H2,1H3/b13-10+. The van der Waals surface area contributed by atoms with E-state index in [1.54, 1.807) is 12.2 Å². The number of rotatable bonds is 4. The maximum absolute atomic E-state index is 14.0. The third-order valence-corrected chi connectivity index (χ3v) is 6.21. The quantitative estimate of drug-likeness (QED) is 0.706. The molecule has 4 nitrogen and oxygen atoms in total. The number of hydrogen-bond acceptors (Lipinski definition) is 3. The van der Waals surface area contributed by atoms with Gasteiger partial charge in [-0.15, -0.1) is 0 Å². The van der Waals surface area contributed by atoms with Crippen molar-refractivity contribution in [3.63, 3.8) is 0 Å². The molecule has 0 spiro atoms. The van der Waals surface area contributed by atoms with E-state index in [2.05, 4.69) is 29.0 Å². The van der Waals surface area contributed by atoms with Crippen LogP contribution in [0.25, 0.3) is 6.08 Å². The van der Waals surface area contributed by atoms with Gasteiger partial charge in [0.1, 0.15) is 5.82 Å². The first-order chi connectivity index (χ1) is 14.6. The van der Waals surface area contributed by atoms with Crippen LogP contribution in [0.5, 0.6) is 0 Å². The van der Waals surface area contributed by atoms with Crippen molar-refractivity contribution < 1.29 is 9.18 Å². The minimum atomic E-state index is -0.278. The number of likely N-dealkylation sites (tertiary alicyclic amines) is 1. The Morgan fingerprint density at radius 3 is 2.53 bits per heavy atom. The molecule has 0 N–H and O–H groups in total. The maximum Gasteiger partial charge on any atom is 0.247 e. The predicted molar refractivity (Wildman–Crippen MR) is 120 cm³/mol. The summed E-state index contributed by atoms with van der Waals surface area (Å²) in [7, 11) is 2.11. The minimum absolute atomic E-state index is 0.00265. The molecular weight excluding hydrogens is 377 g/mol. The average molecular weight is 408 g/mol. The van der Waals surface area contributed by atoms with Crippen LogP contribution >= 0.6 is 0 Å². The lowest BCUT2D eigenvalue weighted by Gasteiger charge is -2.36.